The fraction of sp³-hybridized carbons (Fsp3) is 0.571. The van der Waals surface area contributed by atoms with Crippen molar-refractivity contribution in [1.29, 1.82) is 0 Å². The molecule has 2 rings (SSSR count). The molecule has 0 spiro atoms. The van der Waals surface area contributed by atoms with Gasteiger partial charge < -0.3 is 14.9 Å². The third-order valence-electron chi connectivity index (χ3n) is 3.93. The fourth-order valence-corrected chi connectivity index (χ4v) is 2.92. The Kier molecular flexibility index (Phi) is 5.16. The first-order valence-electron chi connectivity index (χ1n) is 7.47. The Morgan fingerprint density at radius 2 is 1.32 bits per heavy atom. The van der Waals surface area contributed by atoms with Crippen LogP contribution in [0.4, 0.5) is 0 Å². The Morgan fingerprint density at radius 1 is 0.920 bits per heavy atom. The van der Waals surface area contributed by atoms with Crippen molar-refractivity contribution in [2.75, 3.05) is 13.2 Å². The molecule has 2 heterocycles. The van der Waals surface area contributed by atoms with Crippen LogP contribution in [0.3, 0.4) is 0 Å². The van der Waals surface area contributed by atoms with Crippen LogP contribution < -0.4 is 0 Å². The zero-order valence-corrected chi connectivity index (χ0v) is 13.1. The van der Waals surface area contributed by atoms with Crippen LogP contribution in [0.2, 0.25) is 0 Å². The molecule has 0 atom stereocenters. The third-order valence-corrected chi connectivity index (χ3v) is 3.93. The standard InChI is InChI=1S/C14H16N2O9/c17-5-6-25-12(22)7-14(13(23)24,15-8(18)1-2-9(15)19)16-10(20)3-4-11(16)21/h17H,1-7H2,(H,23,24). The SMILES string of the molecule is O=C(CC(C(=O)O)(N1C(=O)CCC1=O)N1C(=O)CCC1=O)OCCO. The number of rotatable bonds is 7. The normalized spacial score (nSPS) is 18.3. The van der Waals surface area contributed by atoms with Gasteiger partial charge in [-0.2, -0.15) is 0 Å². The van der Waals surface area contributed by atoms with Gasteiger partial charge in [-0.3, -0.25) is 24.0 Å². The lowest BCUT2D eigenvalue weighted by Gasteiger charge is -2.41. The molecule has 136 valence electrons. The smallest absolute Gasteiger partial charge is 0.352 e. The number of imide groups is 2. The maximum absolute atomic E-state index is 12.1. The van der Waals surface area contributed by atoms with Crippen molar-refractivity contribution in [3.63, 3.8) is 0 Å². The van der Waals surface area contributed by atoms with Gasteiger partial charge >= 0.3 is 11.9 Å². The molecule has 4 amide bonds. The molecule has 2 N–H and O–H groups in total. The molecule has 0 unspecified atom stereocenters. The maximum atomic E-state index is 12.1. The summed E-state index contributed by atoms with van der Waals surface area (Å²) >= 11 is 0. The summed E-state index contributed by atoms with van der Waals surface area (Å²) < 4.78 is 4.61. The molecule has 11 heteroatoms. The molecule has 0 aromatic heterocycles. The van der Waals surface area contributed by atoms with E-state index < -0.39 is 60.9 Å². The van der Waals surface area contributed by atoms with E-state index in [0.717, 1.165) is 0 Å². The van der Waals surface area contributed by atoms with E-state index in [9.17, 15) is 33.9 Å². The lowest BCUT2D eigenvalue weighted by molar-refractivity contribution is -0.186. The van der Waals surface area contributed by atoms with Crippen LogP contribution >= 0.6 is 0 Å². The number of amides is 4. The lowest BCUT2D eigenvalue weighted by atomic mass is 10.0. The Hall–Kier alpha value is -2.82. The van der Waals surface area contributed by atoms with E-state index in [1.807, 2.05) is 0 Å². The number of nitrogens with zero attached hydrogens (tertiary/aromatic N) is 2. The van der Waals surface area contributed by atoms with Gasteiger partial charge in [0.1, 0.15) is 6.61 Å². The van der Waals surface area contributed by atoms with E-state index in [2.05, 4.69) is 4.74 Å². The number of aliphatic hydroxyl groups excluding tert-OH is 1. The number of esters is 1. The summed E-state index contributed by atoms with van der Waals surface area (Å²) in [6, 6.07) is 0. The molecule has 0 aliphatic carbocycles. The average Bonchev–Trinajstić information content (AvgIpc) is 3.06. The van der Waals surface area contributed by atoms with Crippen molar-refractivity contribution in [2.45, 2.75) is 37.8 Å². The minimum atomic E-state index is -2.80. The van der Waals surface area contributed by atoms with E-state index in [1.165, 1.54) is 0 Å². The monoisotopic (exact) mass is 356 g/mol. The van der Waals surface area contributed by atoms with E-state index in [0.29, 0.717) is 0 Å². The van der Waals surface area contributed by atoms with Gasteiger partial charge in [0.15, 0.2) is 0 Å². The van der Waals surface area contributed by atoms with Gasteiger partial charge in [-0.1, -0.05) is 0 Å². The summed E-state index contributed by atoms with van der Waals surface area (Å²) in [4.78, 5) is 73.0. The minimum absolute atomic E-state index is 0.288. The molecule has 0 aromatic rings. The van der Waals surface area contributed by atoms with Crippen molar-refractivity contribution in [3.05, 3.63) is 0 Å². The Labute approximate surface area is 141 Å². The van der Waals surface area contributed by atoms with Crippen LogP contribution in [0.5, 0.6) is 0 Å². The van der Waals surface area contributed by atoms with Crippen molar-refractivity contribution in [3.8, 4) is 0 Å². The second kappa shape index (κ2) is 6.97. The topological polar surface area (TPSA) is 159 Å². The van der Waals surface area contributed by atoms with Crippen LogP contribution in [0, 0.1) is 0 Å². The zero-order valence-electron chi connectivity index (χ0n) is 13.1. The van der Waals surface area contributed by atoms with Crippen LogP contribution in [-0.4, -0.2) is 74.5 Å². The molecule has 2 fully saturated rings. The number of hydrogen-bond donors (Lipinski definition) is 2. The molecule has 0 saturated carbocycles. The summed E-state index contributed by atoms with van der Waals surface area (Å²) in [6.07, 6.45) is -2.30. The van der Waals surface area contributed by atoms with Crippen LogP contribution in [0.1, 0.15) is 32.1 Å². The maximum Gasteiger partial charge on any atom is 0.352 e. The molecule has 2 saturated heterocycles. The quantitative estimate of drug-likeness (QED) is 0.388. The Morgan fingerprint density at radius 3 is 1.64 bits per heavy atom. The van der Waals surface area contributed by atoms with Gasteiger partial charge in [-0.15, -0.1) is 0 Å². The number of carboxylic acid groups (broad SMARTS) is 1. The number of hydrogen-bond acceptors (Lipinski definition) is 8. The van der Waals surface area contributed by atoms with Crippen molar-refractivity contribution >= 4 is 35.6 Å². The van der Waals surface area contributed by atoms with Gasteiger partial charge in [0, 0.05) is 25.7 Å². The molecule has 0 aromatic carbocycles. The summed E-state index contributed by atoms with van der Waals surface area (Å²) in [7, 11) is 0. The first-order chi connectivity index (χ1) is 11.8. The molecule has 2 aliphatic rings. The summed E-state index contributed by atoms with van der Waals surface area (Å²) in [5, 5.41) is 18.4. The van der Waals surface area contributed by atoms with Crippen LogP contribution in [0.25, 0.3) is 0 Å². The number of ether oxygens (including phenoxy) is 1. The van der Waals surface area contributed by atoms with Gasteiger partial charge in [0.25, 0.3) is 0 Å². The Balaban J connectivity index is 2.55. The predicted molar refractivity (Wildman–Crippen MR) is 75.2 cm³/mol. The third kappa shape index (κ3) is 3.09. The molecule has 25 heavy (non-hydrogen) atoms. The number of carboxylic acids is 1. The Bertz CT molecular complexity index is 589. The minimum Gasteiger partial charge on any atom is -0.478 e. The molecular formula is C14H16N2O9. The number of likely N-dealkylation sites (tertiary alicyclic amines) is 2. The first kappa shape index (κ1) is 18.5. The van der Waals surface area contributed by atoms with E-state index in [4.69, 9.17) is 5.11 Å². The van der Waals surface area contributed by atoms with E-state index >= 15 is 0 Å². The molecule has 11 nitrogen and oxygen atoms in total. The van der Waals surface area contributed by atoms with Gasteiger partial charge in [-0.25, -0.2) is 14.6 Å². The molecule has 2 aliphatic heterocycles. The zero-order chi connectivity index (χ0) is 18.8. The average molecular weight is 356 g/mol. The second-order valence-electron chi connectivity index (χ2n) is 5.49. The molecular weight excluding hydrogens is 340 g/mol. The fourth-order valence-electron chi connectivity index (χ4n) is 2.92. The highest BCUT2D eigenvalue weighted by molar-refractivity contribution is 6.12. The van der Waals surface area contributed by atoms with Crippen LogP contribution in [0.15, 0.2) is 0 Å². The van der Waals surface area contributed by atoms with E-state index in [1.54, 1.807) is 0 Å². The van der Waals surface area contributed by atoms with Gasteiger partial charge in [0.2, 0.25) is 29.3 Å². The highest BCUT2D eigenvalue weighted by atomic mass is 16.5. The summed E-state index contributed by atoms with van der Waals surface area (Å²) in [5.41, 5.74) is -2.80. The summed E-state index contributed by atoms with van der Waals surface area (Å²) in [5.74, 6) is -6.69. The van der Waals surface area contributed by atoms with Crippen molar-refractivity contribution < 1.29 is 43.7 Å². The van der Waals surface area contributed by atoms with Gasteiger partial charge in [-0.05, 0) is 0 Å². The highest BCUT2D eigenvalue weighted by Crippen LogP contribution is 2.35. The number of carbonyl (C=O) groups is 6. The second-order valence-corrected chi connectivity index (χ2v) is 5.49. The van der Waals surface area contributed by atoms with Crippen molar-refractivity contribution in [2.24, 2.45) is 0 Å². The lowest BCUT2D eigenvalue weighted by Crippen LogP contribution is -2.69. The largest absolute Gasteiger partial charge is 0.478 e. The molecule has 0 bridgehead atoms. The van der Waals surface area contributed by atoms with Crippen molar-refractivity contribution in [1.82, 2.24) is 9.80 Å². The van der Waals surface area contributed by atoms with Crippen LogP contribution in [-0.2, 0) is 33.5 Å². The first-order valence-corrected chi connectivity index (χ1v) is 7.47. The summed E-state index contributed by atoms with van der Waals surface area (Å²) in [6.45, 7) is -0.979. The number of aliphatic carboxylic acids is 1. The number of carbonyl (C=O) groups excluding carboxylic acids is 5. The molecule has 0 radical (unpaired) electrons. The predicted octanol–water partition coefficient (Wildman–Crippen LogP) is -2.01. The van der Waals surface area contributed by atoms with Gasteiger partial charge in [0.05, 0.1) is 13.0 Å². The highest BCUT2D eigenvalue weighted by Gasteiger charge is 2.62. The number of aliphatic hydroxyl groups is 1. The van der Waals surface area contributed by atoms with E-state index in [-0.39, 0.29) is 35.5 Å².